The van der Waals surface area contributed by atoms with Gasteiger partial charge in [-0.1, -0.05) is 182 Å². The van der Waals surface area contributed by atoms with Crippen LogP contribution in [0.4, 0.5) is 17.1 Å². The molecule has 14 rings (SSSR count). The van der Waals surface area contributed by atoms with Crippen LogP contribution in [-0.2, 0) is 5.41 Å². The lowest BCUT2D eigenvalue weighted by Crippen LogP contribution is -2.28. The highest BCUT2D eigenvalue weighted by atomic mass is 32.1. The normalized spacial score (nSPS) is 12.7. The van der Waals surface area contributed by atoms with Gasteiger partial charge in [-0.3, -0.25) is 0 Å². The molecule has 0 amide bonds. The van der Waals surface area contributed by atoms with E-state index >= 15 is 0 Å². The number of fused-ring (bicyclic) bond motifs is 9. The van der Waals surface area contributed by atoms with E-state index in [0.717, 1.165) is 17.1 Å². The zero-order valence-corrected chi connectivity index (χ0v) is 39.0. The van der Waals surface area contributed by atoms with Gasteiger partial charge in [-0.25, -0.2) is 0 Å². The molecular formula is C67H44N2S. The summed E-state index contributed by atoms with van der Waals surface area (Å²) in [6.45, 7) is 0. The van der Waals surface area contributed by atoms with Gasteiger partial charge in [-0.2, -0.15) is 0 Å². The molecular weight excluding hydrogens is 865 g/mol. The van der Waals surface area contributed by atoms with Crippen molar-refractivity contribution in [1.29, 1.82) is 0 Å². The molecule has 2 aromatic heterocycles. The minimum Gasteiger partial charge on any atom is -0.310 e. The second kappa shape index (κ2) is 16.2. The van der Waals surface area contributed by atoms with E-state index in [1.807, 2.05) is 11.3 Å². The summed E-state index contributed by atoms with van der Waals surface area (Å²) in [4.78, 5) is 2.46. The van der Waals surface area contributed by atoms with Crippen LogP contribution >= 0.6 is 11.3 Å². The van der Waals surface area contributed by atoms with Crippen LogP contribution in [0.15, 0.2) is 267 Å². The first kappa shape index (κ1) is 40.3. The highest BCUT2D eigenvalue weighted by Crippen LogP contribution is 2.57. The van der Waals surface area contributed by atoms with Gasteiger partial charge in [0.2, 0.25) is 0 Å². The minimum absolute atomic E-state index is 0.512. The van der Waals surface area contributed by atoms with Crippen LogP contribution in [0.3, 0.4) is 0 Å². The Balaban J connectivity index is 0.903. The number of benzene rings is 11. The first-order valence-electron chi connectivity index (χ1n) is 24.1. The smallest absolute Gasteiger partial charge is 0.0714 e. The van der Waals surface area contributed by atoms with E-state index < -0.39 is 5.41 Å². The number of hydrogen-bond donors (Lipinski definition) is 0. The third kappa shape index (κ3) is 6.25. The molecule has 0 radical (unpaired) electrons. The minimum atomic E-state index is -0.512. The summed E-state index contributed by atoms with van der Waals surface area (Å²) >= 11 is 1.86. The van der Waals surface area contributed by atoms with Crippen LogP contribution in [0.25, 0.3) is 81.0 Å². The fourth-order valence-electron chi connectivity index (χ4n) is 11.6. The van der Waals surface area contributed by atoms with Crippen LogP contribution < -0.4 is 4.90 Å². The van der Waals surface area contributed by atoms with Crippen molar-refractivity contribution in [3.63, 3.8) is 0 Å². The Labute approximate surface area is 411 Å². The van der Waals surface area contributed by atoms with Crippen LogP contribution in [0.1, 0.15) is 22.3 Å². The van der Waals surface area contributed by atoms with Crippen molar-refractivity contribution < 1.29 is 0 Å². The zero-order chi connectivity index (χ0) is 46.2. The van der Waals surface area contributed by atoms with Crippen molar-refractivity contribution in [2.75, 3.05) is 4.90 Å². The summed E-state index contributed by atoms with van der Waals surface area (Å²) < 4.78 is 4.97. The maximum atomic E-state index is 2.47. The van der Waals surface area contributed by atoms with E-state index in [4.69, 9.17) is 0 Å². The van der Waals surface area contributed by atoms with Crippen molar-refractivity contribution in [3.05, 3.63) is 289 Å². The third-order valence-electron chi connectivity index (χ3n) is 14.7. The molecule has 0 aliphatic heterocycles. The van der Waals surface area contributed by atoms with E-state index in [0.29, 0.717) is 0 Å². The predicted molar refractivity (Wildman–Crippen MR) is 297 cm³/mol. The van der Waals surface area contributed by atoms with Crippen molar-refractivity contribution in [3.8, 4) is 39.1 Å². The molecule has 2 nitrogen and oxygen atoms in total. The molecule has 0 saturated carbocycles. The molecule has 1 aliphatic rings. The lowest BCUT2D eigenvalue weighted by Gasteiger charge is -2.35. The highest BCUT2D eigenvalue weighted by Gasteiger charge is 2.46. The summed E-state index contributed by atoms with van der Waals surface area (Å²) in [7, 11) is 0. The summed E-state index contributed by atoms with van der Waals surface area (Å²) in [5.74, 6) is 0. The molecule has 0 saturated heterocycles. The van der Waals surface area contributed by atoms with Crippen LogP contribution in [-0.4, -0.2) is 4.57 Å². The summed E-state index contributed by atoms with van der Waals surface area (Å²) in [6, 6.07) is 98.6. The lowest BCUT2D eigenvalue weighted by atomic mass is 9.67. The second-order valence-electron chi connectivity index (χ2n) is 18.4. The molecule has 11 aromatic carbocycles. The largest absolute Gasteiger partial charge is 0.310 e. The van der Waals surface area contributed by atoms with Gasteiger partial charge < -0.3 is 9.47 Å². The number of aromatic nitrogens is 1. The Morgan fingerprint density at radius 1 is 0.314 bits per heavy atom. The van der Waals surface area contributed by atoms with E-state index in [9.17, 15) is 0 Å². The third-order valence-corrected chi connectivity index (χ3v) is 15.8. The van der Waals surface area contributed by atoms with Crippen molar-refractivity contribution in [2.24, 2.45) is 0 Å². The first-order valence-corrected chi connectivity index (χ1v) is 24.9. The summed E-state index contributed by atoms with van der Waals surface area (Å²) in [5, 5.41) is 5.07. The SMILES string of the molecule is c1ccc(-n2c3ccccc3c3cc(-c4cccc(-c5ccc(N(c6ccc7c(c6)C(c6ccccc6)(c6ccccc6)c6ccccc6-7)c6ccc7sc8ccccc8c7c6)cc5)c4)ccc32)cc1. The van der Waals surface area contributed by atoms with Gasteiger partial charge in [0.05, 0.1) is 16.4 Å². The van der Waals surface area contributed by atoms with Gasteiger partial charge in [0, 0.05) is 53.7 Å². The Hall–Kier alpha value is -8.76. The average molecular weight is 909 g/mol. The summed E-state index contributed by atoms with van der Waals surface area (Å²) in [5.41, 5.74) is 18.8. The molecule has 3 heteroatoms. The molecule has 0 N–H and O–H groups in total. The van der Waals surface area contributed by atoms with Gasteiger partial charge in [0.15, 0.2) is 0 Å². The number of para-hydroxylation sites is 2. The van der Waals surface area contributed by atoms with Gasteiger partial charge in [-0.15, -0.1) is 11.3 Å². The molecule has 0 fully saturated rings. The van der Waals surface area contributed by atoms with E-state index in [1.54, 1.807) is 0 Å². The molecule has 328 valence electrons. The predicted octanol–water partition coefficient (Wildman–Crippen LogP) is 18.3. The van der Waals surface area contributed by atoms with E-state index in [2.05, 4.69) is 276 Å². The fourth-order valence-corrected chi connectivity index (χ4v) is 12.6. The van der Waals surface area contributed by atoms with Crippen molar-refractivity contribution in [1.82, 2.24) is 4.57 Å². The molecule has 13 aromatic rings. The van der Waals surface area contributed by atoms with E-state index in [-0.39, 0.29) is 0 Å². The molecule has 1 aliphatic carbocycles. The van der Waals surface area contributed by atoms with Gasteiger partial charge in [0.25, 0.3) is 0 Å². The molecule has 2 heterocycles. The summed E-state index contributed by atoms with van der Waals surface area (Å²) in [6.07, 6.45) is 0. The molecule has 0 spiro atoms. The number of anilines is 3. The Bertz CT molecular complexity index is 4070. The number of hydrogen-bond acceptors (Lipinski definition) is 2. The Kier molecular flexibility index (Phi) is 9.33. The Morgan fingerprint density at radius 3 is 1.66 bits per heavy atom. The average Bonchev–Trinajstić information content (AvgIpc) is 4.08. The number of thiophene rings is 1. The standard InChI is InChI=1S/C67H44N2S/c1-4-19-49(20-5-1)67(50-21-6-2-7-22-50)61-28-13-10-25-55(61)56-38-36-54(44-62(56)67)68(53-37-40-66-60(43-53)58-27-12-15-30-65(58)70-66)52-34-31-45(32-35-52)46-17-16-18-47(41-46)48-33-39-64-59(42-48)57-26-11-14-29-63(57)69(64)51-23-8-3-9-24-51/h1-44H. The topological polar surface area (TPSA) is 8.17 Å². The fraction of sp³-hybridized carbons (Fsp3) is 0.0149. The Morgan fingerprint density at radius 2 is 0.871 bits per heavy atom. The van der Waals surface area contributed by atoms with Crippen LogP contribution in [0.5, 0.6) is 0 Å². The number of rotatable bonds is 8. The number of nitrogens with zero attached hydrogens (tertiary/aromatic N) is 2. The van der Waals surface area contributed by atoms with Gasteiger partial charge >= 0.3 is 0 Å². The lowest BCUT2D eigenvalue weighted by molar-refractivity contribution is 0.768. The van der Waals surface area contributed by atoms with Crippen LogP contribution in [0.2, 0.25) is 0 Å². The first-order chi connectivity index (χ1) is 34.7. The van der Waals surface area contributed by atoms with Gasteiger partial charge in [0.1, 0.15) is 0 Å². The van der Waals surface area contributed by atoms with Crippen molar-refractivity contribution >= 4 is 70.4 Å². The molecule has 0 atom stereocenters. The maximum Gasteiger partial charge on any atom is 0.0714 e. The quantitative estimate of drug-likeness (QED) is 0.147. The van der Waals surface area contributed by atoms with E-state index in [1.165, 1.54) is 103 Å². The second-order valence-corrected chi connectivity index (χ2v) is 19.5. The molecule has 0 unspecified atom stereocenters. The maximum absolute atomic E-state index is 2.47. The van der Waals surface area contributed by atoms with Crippen molar-refractivity contribution in [2.45, 2.75) is 5.41 Å². The zero-order valence-electron chi connectivity index (χ0n) is 38.2. The van der Waals surface area contributed by atoms with Crippen LogP contribution in [0, 0.1) is 0 Å². The molecule has 0 bridgehead atoms. The molecule has 70 heavy (non-hydrogen) atoms. The highest BCUT2D eigenvalue weighted by molar-refractivity contribution is 7.25. The monoisotopic (exact) mass is 908 g/mol. The van der Waals surface area contributed by atoms with Gasteiger partial charge in [-0.05, 0) is 141 Å².